The number of aryl methyl sites for hydroxylation is 5. The van der Waals surface area contributed by atoms with E-state index in [-0.39, 0.29) is 11.9 Å². The number of amides is 1. The summed E-state index contributed by atoms with van der Waals surface area (Å²) in [5, 5.41) is 7.84. The van der Waals surface area contributed by atoms with E-state index in [1.165, 1.54) is 7.11 Å². The SMILES string of the molecule is COC(=O)c1ccc2c(c1)c(N1C[C@@H](C)n3c(c(CCCOc4cc(C)c(Cl)c(C)c4)c4ccc(Cl)c(-c5c(C)nn(C)c5C)c43)C1=O)cn2COCC[Si](C)(C)C. The van der Waals surface area contributed by atoms with Crippen molar-refractivity contribution in [2.24, 2.45) is 7.05 Å². The lowest BCUT2D eigenvalue weighted by Gasteiger charge is -2.34. The minimum atomic E-state index is -1.30. The number of carbonyl (C=O) groups excluding carboxylic acids is 2. The minimum Gasteiger partial charge on any atom is -0.494 e. The first kappa shape index (κ1) is 41.6. The van der Waals surface area contributed by atoms with Gasteiger partial charge in [0, 0.05) is 73.1 Å². The maximum absolute atomic E-state index is 15.4. The van der Waals surface area contributed by atoms with Gasteiger partial charge in [-0.3, -0.25) is 9.48 Å². The fraction of sp³-hybridized carbons (Fsp3) is 0.400. The molecule has 7 rings (SSSR count). The zero-order valence-corrected chi connectivity index (χ0v) is 37.7. The number of benzene rings is 3. The molecule has 58 heavy (non-hydrogen) atoms. The van der Waals surface area contributed by atoms with E-state index < -0.39 is 14.0 Å². The molecule has 0 saturated carbocycles. The largest absolute Gasteiger partial charge is 0.494 e. The normalized spacial score (nSPS) is 14.5. The summed E-state index contributed by atoms with van der Waals surface area (Å²) in [7, 11) is 2.01. The van der Waals surface area contributed by atoms with Gasteiger partial charge in [-0.25, -0.2) is 4.79 Å². The average Bonchev–Trinajstić information content (AvgIpc) is 3.79. The molecule has 0 aliphatic carbocycles. The van der Waals surface area contributed by atoms with Crippen LogP contribution >= 0.6 is 23.2 Å². The fourth-order valence-electron chi connectivity index (χ4n) is 8.32. The summed E-state index contributed by atoms with van der Waals surface area (Å²) in [6.07, 6.45) is 3.23. The number of rotatable bonds is 13. The second-order valence-corrected chi connectivity index (χ2v) is 23.2. The number of esters is 1. The molecule has 3 aromatic carbocycles. The standard InChI is InChI=1S/C45H53Cl2N5O5Si/c1-26-20-32(21-27(2)41(26)47)57-17-11-12-33-34-14-15-36(46)40(39-29(4)48-49(6)30(39)5)42(34)52-28(3)23-51(44(53)43(33)52)38-24-50(25-56-18-19-58(8,9)10)37-16-13-31(22-35(37)38)45(54)55-7/h13-16,20-22,24,28H,11-12,17-19,23,25H2,1-10H3/t28-/m1/s1. The number of ether oxygens (including phenoxy) is 3. The summed E-state index contributed by atoms with van der Waals surface area (Å²) in [5.41, 5.74) is 10.1. The Hall–Kier alpha value is -4.55. The third-order valence-corrected chi connectivity index (χ3v) is 14.0. The van der Waals surface area contributed by atoms with Gasteiger partial charge < -0.3 is 28.2 Å². The number of methoxy groups -OCH3 is 1. The molecule has 3 aromatic heterocycles. The maximum Gasteiger partial charge on any atom is 0.337 e. The Labute approximate surface area is 351 Å². The van der Waals surface area contributed by atoms with Crippen LogP contribution in [0.25, 0.3) is 32.9 Å². The molecule has 1 amide bonds. The van der Waals surface area contributed by atoms with Gasteiger partial charge in [0.15, 0.2) is 0 Å². The Kier molecular flexibility index (Phi) is 11.7. The summed E-state index contributed by atoms with van der Waals surface area (Å²) in [6, 6.07) is 14.3. The summed E-state index contributed by atoms with van der Waals surface area (Å²) >= 11 is 13.6. The molecule has 13 heteroatoms. The number of hydrogen-bond acceptors (Lipinski definition) is 6. The number of carbonyl (C=O) groups is 2. The lowest BCUT2D eigenvalue weighted by Crippen LogP contribution is -2.42. The van der Waals surface area contributed by atoms with E-state index in [1.807, 2.05) is 91.5 Å². The Morgan fingerprint density at radius 1 is 0.966 bits per heavy atom. The first-order valence-corrected chi connectivity index (χ1v) is 24.3. The predicted molar refractivity (Wildman–Crippen MR) is 237 cm³/mol. The Bertz CT molecular complexity index is 2560. The van der Waals surface area contributed by atoms with Crippen LogP contribution in [0.3, 0.4) is 0 Å². The van der Waals surface area contributed by atoms with Gasteiger partial charge in [-0.05, 0) is 107 Å². The molecule has 0 radical (unpaired) electrons. The van der Waals surface area contributed by atoms with E-state index in [1.54, 1.807) is 6.07 Å². The van der Waals surface area contributed by atoms with Crippen molar-refractivity contribution in [2.75, 3.05) is 31.8 Å². The first-order valence-electron chi connectivity index (χ1n) is 19.9. The molecule has 0 spiro atoms. The van der Waals surface area contributed by atoms with Crippen molar-refractivity contribution in [3.8, 4) is 16.9 Å². The molecule has 4 heterocycles. The van der Waals surface area contributed by atoms with Crippen LogP contribution in [0.15, 0.2) is 48.7 Å². The average molecular weight is 843 g/mol. The van der Waals surface area contributed by atoms with Gasteiger partial charge in [0.2, 0.25) is 0 Å². The van der Waals surface area contributed by atoms with Crippen molar-refractivity contribution in [3.05, 3.63) is 98.0 Å². The summed E-state index contributed by atoms with van der Waals surface area (Å²) in [4.78, 5) is 30.0. The van der Waals surface area contributed by atoms with E-state index in [9.17, 15) is 4.79 Å². The van der Waals surface area contributed by atoms with Crippen LogP contribution in [0, 0.1) is 27.7 Å². The third kappa shape index (κ3) is 7.69. The predicted octanol–water partition coefficient (Wildman–Crippen LogP) is 10.9. The van der Waals surface area contributed by atoms with Crippen LogP contribution in [0.4, 0.5) is 5.69 Å². The number of anilines is 1. The van der Waals surface area contributed by atoms with Crippen LogP contribution in [-0.4, -0.2) is 65.7 Å². The molecular formula is C45H53Cl2N5O5Si. The molecule has 306 valence electrons. The Balaban J connectivity index is 1.35. The smallest absolute Gasteiger partial charge is 0.337 e. The summed E-state index contributed by atoms with van der Waals surface area (Å²) in [5.74, 6) is 0.199. The van der Waals surface area contributed by atoms with Crippen molar-refractivity contribution < 1.29 is 23.8 Å². The second kappa shape index (κ2) is 16.2. The number of nitrogens with zero attached hydrogens (tertiary/aromatic N) is 5. The minimum absolute atomic E-state index is 0.127. The molecule has 1 aliphatic heterocycles. The molecular weight excluding hydrogens is 790 g/mol. The number of hydrogen-bond donors (Lipinski definition) is 0. The molecule has 1 atom stereocenters. The molecule has 10 nitrogen and oxygen atoms in total. The van der Waals surface area contributed by atoms with Gasteiger partial charge in [0.25, 0.3) is 5.91 Å². The number of fused-ring (bicyclic) bond motifs is 4. The first-order chi connectivity index (χ1) is 27.5. The highest BCUT2D eigenvalue weighted by Crippen LogP contribution is 2.46. The molecule has 6 aromatic rings. The highest BCUT2D eigenvalue weighted by Gasteiger charge is 2.38. The zero-order valence-electron chi connectivity index (χ0n) is 35.2. The van der Waals surface area contributed by atoms with E-state index in [2.05, 4.69) is 31.1 Å². The van der Waals surface area contributed by atoms with Gasteiger partial charge in [-0.2, -0.15) is 5.10 Å². The van der Waals surface area contributed by atoms with E-state index >= 15 is 4.79 Å². The van der Waals surface area contributed by atoms with Crippen LogP contribution < -0.4 is 9.64 Å². The maximum atomic E-state index is 15.4. The quantitative estimate of drug-likeness (QED) is 0.0653. The van der Waals surface area contributed by atoms with Crippen molar-refractivity contribution in [1.29, 1.82) is 0 Å². The lowest BCUT2D eigenvalue weighted by atomic mass is 9.98. The summed E-state index contributed by atoms with van der Waals surface area (Å²) < 4.78 is 23.7. The topological polar surface area (TPSA) is 92.8 Å². The van der Waals surface area contributed by atoms with Gasteiger partial charge in [-0.15, -0.1) is 0 Å². The molecule has 0 fully saturated rings. The van der Waals surface area contributed by atoms with Crippen molar-refractivity contribution in [3.63, 3.8) is 0 Å². The second-order valence-electron chi connectivity index (χ2n) is 16.8. The van der Waals surface area contributed by atoms with Crippen LogP contribution in [-0.2, 0) is 29.7 Å². The Morgan fingerprint density at radius 3 is 2.34 bits per heavy atom. The lowest BCUT2D eigenvalue weighted by molar-refractivity contribution is 0.0600. The Morgan fingerprint density at radius 2 is 1.69 bits per heavy atom. The van der Waals surface area contributed by atoms with Crippen molar-refractivity contribution in [2.45, 2.75) is 85.9 Å². The molecule has 0 bridgehead atoms. The molecule has 1 aliphatic rings. The summed E-state index contributed by atoms with van der Waals surface area (Å²) in [6.45, 7) is 18.9. The van der Waals surface area contributed by atoms with E-state index in [4.69, 9.17) is 42.5 Å². The van der Waals surface area contributed by atoms with Gasteiger partial charge in [0.05, 0.1) is 46.7 Å². The van der Waals surface area contributed by atoms with Gasteiger partial charge in [-0.1, -0.05) is 48.9 Å². The monoisotopic (exact) mass is 841 g/mol. The van der Waals surface area contributed by atoms with Crippen LogP contribution in [0.2, 0.25) is 35.7 Å². The van der Waals surface area contributed by atoms with Crippen LogP contribution in [0.5, 0.6) is 5.75 Å². The number of halogens is 2. The van der Waals surface area contributed by atoms with E-state index in [0.717, 1.165) is 77.8 Å². The van der Waals surface area contributed by atoms with Gasteiger partial charge >= 0.3 is 5.97 Å². The molecule has 0 saturated heterocycles. The fourth-order valence-corrected chi connectivity index (χ4v) is 9.44. The highest BCUT2D eigenvalue weighted by atomic mass is 35.5. The van der Waals surface area contributed by atoms with Crippen molar-refractivity contribution in [1.82, 2.24) is 18.9 Å². The zero-order chi connectivity index (χ0) is 41.8. The van der Waals surface area contributed by atoms with E-state index in [0.29, 0.717) is 61.3 Å². The van der Waals surface area contributed by atoms with Crippen LogP contribution in [0.1, 0.15) is 68.3 Å². The third-order valence-electron chi connectivity index (χ3n) is 11.4. The van der Waals surface area contributed by atoms with Crippen molar-refractivity contribution >= 4 is 70.6 Å². The highest BCUT2D eigenvalue weighted by molar-refractivity contribution is 6.76. The number of aromatic nitrogens is 4. The van der Waals surface area contributed by atoms with Gasteiger partial charge in [0.1, 0.15) is 18.2 Å². The molecule has 0 N–H and O–H groups in total. The molecule has 0 unspecified atom stereocenters.